The van der Waals surface area contributed by atoms with Crippen LogP contribution in [0.25, 0.3) is 11.4 Å². The van der Waals surface area contributed by atoms with Gasteiger partial charge in [-0.1, -0.05) is 49.4 Å². The van der Waals surface area contributed by atoms with Gasteiger partial charge in [0, 0.05) is 28.1 Å². The van der Waals surface area contributed by atoms with E-state index in [4.69, 9.17) is 0 Å². The van der Waals surface area contributed by atoms with Crippen LogP contribution in [-0.4, -0.2) is 26.4 Å². The lowest BCUT2D eigenvalue weighted by atomic mass is 10.1. The highest BCUT2D eigenvalue weighted by Gasteiger charge is 2.17. The van der Waals surface area contributed by atoms with E-state index in [9.17, 15) is 4.79 Å². The third kappa shape index (κ3) is 4.91. The Bertz CT molecular complexity index is 957. The molecule has 5 nitrogen and oxygen atoms in total. The van der Waals surface area contributed by atoms with Gasteiger partial charge in [0.05, 0.1) is 5.75 Å². The molecule has 0 bridgehead atoms. The molecule has 2 aromatic heterocycles. The van der Waals surface area contributed by atoms with Crippen molar-refractivity contribution in [3.05, 3.63) is 58.8 Å². The van der Waals surface area contributed by atoms with E-state index in [0.717, 1.165) is 22.6 Å². The summed E-state index contributed by atoms with van der Waals surface area (Å²) in [5, 5.41) is 14.4. The molecule has 0 fully saturated rings. The van der Waals surface area contributed by atoms with E-state index in [1.54, 1.807) is 11.3 Å². The number of amides is 1. The van der Waals surface area contributed by atoms with Crippen molar-refractivity contribution >= 4 is 34.7 Å². The Morgan fingerprint density at radius 3 is 2.71 bits per heavy atom. The molecule has 1 amide bonds. The number of carbonyl (C=O) groups excluding carboxylic acids is 1. The van der Waals surface area contributed by atoms with E-state index in [-0.39, 0.29) is 11.7 Å². The van der Waals surface area contributed by atoms with Crippen LogP contribution < -0.4 is 5.32 Å². The molecule has 0 radical (unpaired) electrons. The van der Waals surface area contributed by atoms with Crippen LogP contribution in [0.1, 0.15) is 30.2 Å². The van der Waals surface area contributed by atoms with Crippen molar-refractivity contribution in [3.63, 3.8) is 0 Å². The van der Waals surface area contributed by atoms with E-state index in [2.05, 4.69) is 47.4 Å². The lowest BCUT2D eigenvalue weighted by Crippen LogP contribution is -2.14. The summed E-state index contributed by atoms with van der Waals surface area (Å²) in [5.74, 6) is 1.49. The molecule has 0 aliphatic carbocycles. The van der Waals surface area contributed by atoms with Crippen LogP contribution in [0, 0.1) is 6.92 Å². The quantitative estimate of drug-likeness (QED) is 0.400. The van der Waals surface area contributed by atoms with Crippen molar-refractivity contribution in [1.82, 2.24) is 14.8 Å². The van der Waals surface area contributed by atoms with Gasteiger partial charge in [0.25, 0.3) is 0 Å². The first kappa shape index (κ1) is 20.4. The van der Waals surface area contributed by atoms with Crippen molar-refractivity contribution in [2.45, 2.75) is 38.4 Å². The fourth-order valence-electron chi connectivity index (χ4n) is 2.64. The molecule has 28 heavy (non-hydrogen) atoms. The average molecular weight is 413 g/mol. The van der Waals surface area contributed by atoms with Crippen LogP contribution in [0.3, 0.4) is 0 Å². The summed E-state index contributed by atoms with van der Waals surface area (Å²) in [4.78, 5) is 13.6. The Kier molecular flexibility index (Phi) is 6.70. The van der Waals surface area contributed by atoms with Gasteiger partial charge in [0.1, 0.15) is 0 Å². The van der Waals surface area contributed by atoms with Crippen LogP contribution in [0.5, 0.6) is 0 Å². The molecule has 0 unspecified atom stereocenters. The van der Waals surface area contributed by atoms with Gasteiger partial charge in [-0.05, 0) is 31.0 Å². The minimum atomic E-state index is -0.0683. The highest BCUT2D eigenvalue weighted by molar-refractivity contribution is 7.99. The number of benzene rings is 1. The number of carbonyl (C=O) groups is 1. The Morgan fingerprint density at radius 1 is 1.32 bits per heavy atom. The van der Waals surface area contributed by atoms with Crippen molar-refractivity contribution in [3.8, 4) is 11.4 Å². The molecule has 0 spiro atoms. The molecule has 0 aliphatic heterocycles. The molecule has 7 heteroatoms. The molecule has 0 aliphatic rings. The molecule has 0 saturated heterocycles. The molecular weight excluding hydrogens is 388 g/mol. The number of thiophene rings is 1. The molecule has 2 heterocycles. The largest absolute Gasteiger partial charge is 0.325 e. The SMILES string of the molecule is C=CCn1c(SCC(=O)Nc2ccc(C)cc2)nnc1-c1csc(C(C)C)c1. The van der Waals surface area contributed by atoms with Gasteiger partial charge in [-0.3, -0.25) is 9.36 Å². The predicted octanol–water partition coefficient (Wildman–Crippen LogP) is 5.36. The summed E-state index contributed by atoms with van der Waals surface area (Å²) in [5.41, 5.74) is 3.01. The third-order valence-corrected chi connectivity index (χ3v) is 6.34. The van der Waals surface area contributed by atoms with Gasteiger partial charge in [0.15, 0.2) is 11.0 Å². The average Bonchev–Trinajstić information content (AvgIpc) is 3.29. The van der Waals surface area contributed by atoms with Gasteiger partial charge < -0.3 is 5.32 Å². The number of allylic oxidation sites excluding steroid dienone is 1. The highest BCUT2D eigenvalue weighted by Crippen LogP contribution is 2.31. The smallest absolute Gasteiger partial charge is 0.234 e. The standard InChI is InChI=1S/C21H24N4OS2/c1-5-10-25-20(16-11-18(14(2)3)27-12-16)23-24-21(25)28-13-19(26)22-17-8-6-15(4)7-9-17/h5-9,11-12,14H,1,10,13H2,2-4H3,(H,22,26). The maximum Gasteiger partial charge on any atom is 0.234 e. The zero-order valence-corrected chi connectivity index (χ0v) is 17.9. The summed E-state index contributed by atoms with van der Waals surface area (Å²) in [6.07, 6.45) is 1.82. The molecule has 0 saturated carbocycles. The minimum Gasteiger partial charge on any atom is -0.325 e. The summed E-state index contributed by atoms with van der Waals surface area (Å²) in [6, 6.07) is 9.92. The van der Waals surface area contributed by atoms with Crippen LogP contribution in [0.15, 0.2) is 53.5 Å². The second-order valence-corrected chi connectivity index (χ2v) is 8.69. The zero-order valence-electron chi connectivity index (χ0n) is 16.3. The third-order valence-electron chi connectivity index (χ3n) is 4.14. The highest BCUT2D eigenvalue weighted by atomic mass is 32.2. The van der Waals surface area contributed by atoms with Crippen molar-refractivity contribution in [1.29, 1.82) is 0 Å². The number of hydrogen-bond acceptors (Lipinski definition) is 5. The molecule has 0 atom stereocenters. The Morgan fingerprint density at radius 2 is 2.07 bits per heavy atom. The normalized spacial score (nSPS) is 11.0. The number of anilines is 1. The molecular formula is C21H24N4OS2. The van der Waals surface area contributed by atoms with E-state index >= 15 is 0 Å². The summed E-state index contributed by atoms with van der Waals surface area (Å²) in [6.45, 7) is 10.8. The van der Waals surface area contributed by atoms with E-state index in [0.29, 0.717) is 17.6 Å². The van der Waals surface area contributed by atoms with Crippen molar-refractivity contribution in [2.24, 2.45) is 0 Å². The number of nitrogens with one attached hydrogen (secondary N) is 1. The van der Waals surface area contributed by atoms with Crippen LogP contribution in [0.2, 0.25) is 0 Å². The number of thioether (sulfide) groups is 1. The lowest BCUT2D eigenvalue weighted by Gasteiger charge is -2.08. The lowest BCUT2D eigenvalue weighted by molar-refractivity contribution is -0.113. The fourth-order valence-corrected chi connectivity index (χ4v) is 4.29. The maximum absolute atomic E-state index is 12.3. The molecule has 3 aromatic rings. The van der Waals surface area contributed by atoms with Crippen LogP contribution >= 0.6 is 23.1 Å². The van der Waals surface area contributed by atoms with Crippen molar-refractivity contribution < 1.29 is 4.79 Å². The number of hydrogen-bond donors (Lipinski definition) is 1. The number of aromatic nitrogens is 3. The summed E-state index contributed by atoms with van der Waals surface area (Å²) in [7, 11) is 0. The van der Waals surface area contributed by atoms with Gasteiger partial charge >= 0.3 is 0 Å². The fraction of sp³-hybridized carbons (Fsp3) is 0.286. The van der Waals surface area contributed by atoms with Gasteiger partial charge in [-0.15, -0.1) is 28.1 Å². The zero-order chi connectivity index (χ0) is 20.1. The minimum absolute atomic E-state index is 0.0683. The molecule has 146 valence electrons. The van der Waals surface area contributed by atoms with Crippen molar-refractivity contribution in [2.75, 3.05) is 11.1 Å². The predicted molar refractivity (Wildman–Crippen MR) is 118 cm³/mol. The summed E-state index contributed by atoms with van der Waals surface area (Å²) >= 11 is 3.11. The molecule has 1 N–H and O–H groups in total. The van der Waals surface area contributed by atoms with Gasteiger partial charge in [-0.2, -0.15) is 0 Å². The van der Waals surface area contributed by atoms with Gasteiger partial charge in [0.2, 0.25) is 5.91 Å². The topological polar surface area (TPSA) is 59.8 Å². The van der Waals surface area contributed by atoms with E-state index in [1.165, 1.54) is 16.6 Å². The van der Waals surface area contributed by atoms with E-state index < -0.39 is 0 Å². The number of rotatable bonds is 8. The van der Waals surface area contributed by atoms with Crippen LogP contribution in [0.4, 0.5) is 5.69 Å². The molecule has 3 rings (SSSR count). The van der Waals surface area contributed by atoms with Crippen LogP contribution in [-0.2, 0) is 11.3 Å². The van der Waals surface area contributed by atoms with Gasteiger partial charge in [-0.25, -0.2) is 0 Å². The first-order valence-corrected chi connectivity index (χ1v) is 11.0. The first-order chi connectivity index (χ1) is 13.5. The second-order valence-electron chi connectivity index (χ2n) is 6.80. The second kappa shape index (κ2) is 9.21. The molecule has 1 aromatic carbocycles. The monoisotopic (exact) mass is 412 g/mol. The van der Waals surface area contributed by atoms with E-state index in [1.807, 2.05) is 41.8 Å². The Labute approximate surface area is 173 Å². The Hall–Kier alpha value is -2.38. The number of aryl methyl sites for hydroxylation is 1. The maximum atomic E-state index is 12.3. The number of nitrogens with zero attached hydrogens (tertiary/aromatic N) is 3. The Balaban J connectivity index is 1.71. The first-order valence-electron chi connectivity index (χ1n) is 9.10. The summed E-state index contributed by atoms with van der Waals surface area (Å²) < 4.78 is 2.00.